The Morgan fingerprint density at radius 2 is 1.65 bits per heavy atom. The summed E-state index contributed by atoms with van der Waals surface area (Å²) in [7, 11) is 3.06. The maximum atomic E-state index is 12.0. The Morgan fingerprint density at radius 1 is 1.10 bits per heavy atom. The molecule has 0 aliphatic rings. The lowest BCUT2D eigenvalue weighted by molar-refractivity contribution is -0.153. The van der Waals surface area contributed by atoms with E-state index in [4.69, 9.17) is 9.47 Å². The van der Waals surface area contributed by atoms with E-state index in [9.17, 15) is 13.2 Å². The van der Waals surface area contributed by atoms with Crippen LogP contribution in [0.2, 0.25) is 0 Å². The van der Waals surface area contributed by atoms with Crippen LogP contribution in [0.5, 0.6) is 5.75 Å². The first-order valence-corrected chi connectivity index (χ1v) is 5.97. The second-order valence-corrected chi connectivity index (χ2v) is 4.20. The van der Waals surface area contributed by atoms with Crippen molar-refractivity contribution in [3.63, 3.8) is 0 Å². The average molecular weight is 293 g/mol. The Labute approximate surface area is 115 Å². The lowest BCUT2D eigenvalue weighted by atomic mass is 10.2. The SMILES string of the molecule is COC(OC)C(C)Nc1ccc(OCC(F)(F)F)cc1. The normalized spacial score (nSPS) is 13.3. The fraction of sp³-hybridized carbons (Fsp3) is 0.538. The molecule has 0 spiro atoms. The van der Waals surface area contributed by atoms with E-state index in [1.165, 1.54) is 26.4 Å². The van der Waals surface area contributed by atoms with Crippen LogP contribution in [0, 0.1) is 0 Å². The number of methoxy groups -OCH3 is 2. The van der Waals surface area contributed by atoms with Crippen molar-refractivity contribution in [1.82, 2.24) is 0 Å². The van der Waals surface area contributed by atoms with Crippen molar-refractivity contribution < 1.29 is 27.4 Å². The van der Waals surface area contributed by atoms with Gasteiger partial charge in [-0.15, -0.1) is 0 Å². The van der Waals surface area contributed by atoms with Crippen molar-refractivity contribution in [2.24, 2.45) is 0 Å². The van der Waals surface area contributed by atoms with Crippen LogP contribution < -0.4 is 10.1 Å². The van der Waals surface area contributed by atoms with Crippen molar-refractivity contribution in [2.75, 3.05) is 26.1 Å². The monoisotopic (exact) mass is 293 g/mol. The molecule has 0 saturated carbocycles. The molecule has 0 bridgehead atoms. The van der Waals surface area contributed by atoms with Crippen LogP contribution in [0.25, 0.3) is 0 Å². The van der Waals surface area contributed by atoms with E-state index in [1.807, 2.05) is 6.92 Å². The average Bonchev–Trinajstić information content (AvgIpc) is 2.38. The van der Waals surface area contributed by atoms with Gasteiger partial charge in [-0.25, -0.2) is 0 Å². The molecular weight excluding hydrogens is 275 g/mol. The topological polar surface area (TPSA) is 39.7 Å². The third-order valence-corrected chi connectivity index (χ3v) is 2.52. The van der Waals surface area contributed by atoms with E-state index in [2.05, 4.69) is 10.1 Å². The van der Waals surface area contributed by atoms with Crippen LogP contribution >= 0.6 is 0 Å². The third-order valence-electron chi connectivity index (χ3n) is 2.52. The van der Waals surface area contributed by atoms with Gasteiger partial charge in [0.1, 0.15) is 5.75 Å². The van der Waals surface area contributed by atoms with E-state index >= 15 is 0 Å². The van der Waals surface area contributed by atoms with Crippen molar-refractivity contribution >= 4 is 5.69 Å². The van der Waals surface area contributed by atoms with Gasteiger partial charge in [-0.2, -0.15) is 13.2 Å². The number of alkyl halides is 3. The Hall–Kier alpha value is -1.47. The summed E-state index contributed by atoms with van der Waals surface area (Å²) in [6.45, 7) is 0.567. The van der Waals surface area contributed by atoms with Crippen molar-refractivity contribution in [2.45, 2.75) is 25.4 Å². The zero-order valence-electron chi connectivity index (χ0n) is 11.5. The Balaban J connectivity index is 2.54. The minimum atomic E-state index is -4.34. The first-order valence-electron chi connectivity index (χ1n) is 5.97. The van der Waals surface area contributed by atoms with Gasteiger partial charge in [0.2, 0.25) is 0 Å². The summed E-state index contributed by atoms with van der Waals surface area (Å²) in [4.78, 5) is 0. The molecule has 114 valence electrons. The maximum absolute atomic E-state index is 12.0. The molecule has 1 N–H and O–H groups in total. The molecule has 20 heavy (non-hydrogen) atoms. The summed E-state index contributed by atoms with van der Waals surface area (Å²) >= 11 is 0. The molecule has 1 rings (SSSR count). The van der Waals surface area contributed by atoms with Crippen LogP contribution in [-0.2, 0) is 9.47 Å². The Bertz CT molecular complexity index is 391. The van der Waals surface area contributed by atoms with Gasteiger partial charge in [-0.1, -0.05) is 0 Å². The zero-order chi connectivity index (χ0) is 15.2. The highest BCUT2D eigenvalue weighted by atomic mass is 19.4. The van der Waals surface area contributed by atoms with Crippen LogP contribution in [0.3, 0.4) is 0 Å². The van der Waals surface area contributed by atoms with Crippen LogP contribution in [0.1, 0.15) is 6.92 Å². The third kappa shape index (κ3) is 5.66. The minimum absolute atomic E-state index is 0.119. The van der Waals surface area contributed by atoms with Gasteiger partial charge in [-0.05, 0) is 31.2 Å². The summed E-state index contributed by atoms with van der Waals surface area (Å²) in [5.41, 5.74) is 0.732. The van der Waals surface area contributed by atoms with Gasteiger partial charge >= 0.3 is 6.18 Å². The molecule has 4 nitrogen and oxygen atoms in total. The fourth-order valence-corrected chi connectivity index (χ4v) is 1.65. The van der Waals surface area contributed by atoms with Crippen LogP contribution in [0.4, 0.5) is 18.9 Å². The summed E-state index contributed by atoms with van der Waals surface area (Å²) in [6.07, 6.45) is -4.76. The summed E-state index contributed by atoms with van der Waals surface area (Å²) < 4.78 is 50.8. The number of hydrogen-bond donors (Lipinski definition) is 1. The van der Waals surface area contributed by atoms with Gasteiger partial charge in [-0.3, -0.25) is 0 Å². The molecule has 0 amide bonds. The lowest BCUT2D eigenvalue weighted by Crippen LogP contribution is -2.33. The van der Waals surface area contributed by atoms with E-state index in [0.717, 1.165) is 5.69 Å². The lowest BCUT2D eigenvalue weighted by Gasteiger charge is -2.23. The molecule has 0 saturated heterocycles. The second-order valence-electron chi connectivity index (χ2n) is 4.20. The number of halogens is 3. The smallest absolute Gasteiger partial charge is 0.422 e. The molecule has 7 heteroatoms. The van der Waals surface area contributed by atoms with Crippen molar-refractivity contribution in [3.05, 3.63) is 24.3 Å². The quantitative estimate of drug-likeness (QED) is 0.784. The first kappa shape index (κ1) is 16.6. The summed E-state index contributed by atoms with van der Waals surface area (Å²) in [5.74, 6) is 0.163. The molecule has 0 radical (unpaired) electrons. The highest BCUT2D eigenvalue weighted by molar-refractivity contribution is 5.47. The van der Waals surface area contributed by atoms with E-state index in [0.29, 0.717) is 0 Å². The first-order chi connectivity index (χ1) is 9.35. The number of hydrogen-bond acceptors (Lipinski definition) is 4. The number of anilines is 1. The van der Waals surface area contributed by atoms with Gasteiger partial charge < -0.3 is 19.5 Å². The number of rotatable bonds is 7. The molecule has 1 aromatic rings. The molecule has 0 heterocycles. The number of benzene rings is 1. The minimum Gasteiger partial charge on any atom is -0.484 e. The summed E-state index contributed by atoms with van der Waals surface area (Å²) in [5, 5.41) is 3.12. The molecule has 1 aromatic carbocycles. The molecule has 1 unspecified atom stereocenters. The maximum Gasteiger partial charge on any atom is 0.422 e. The molecule has 0 aliphatic heterocycles. The van der Waals surface area contributed by atoms with Gasteiger partial charge in [0.15, 0.2) is 12.9 Å². The molecule has 1 atom stereocenters. The summed E-state index contributed by atoms with van der Waals surface area (Å²) in [6, 6.07) is 6.08. The highest BCUT2D eigenvalue weighted by Crippen LogP contribution is 2.21. The highest BCUT2D eigenvalue weighted by Gasteiger charge is 2.28. The zero-order valence-corrected chi connectivity index (χ0v) is 11.5. The molecule has 0 aromatic heterocycles. The van der Waals surface area contributed by atoms with E-state index in [-0.39, 0.29) is 11.8 Å². The number of ether oxygens (including phenoxy) is 3. The predicted molar refractivity (Wildman–Crippen MR) is 68.9 cm³/mol. The largest absolute Gasteiger partial charge is 0.484 e. The van der Waals surface area contributed by atoms with E-state index in [1.54, 1.807) is 12.1 Å². The van der Waals surface area contributed by atoms with E-state index < -0.39 is 19.1 Å². The van der Waals surface area contributed by atoms with Crippen LogP contribution in [-0.4, -0.2) is 39.3 Å². The van der Waals surface area contributed by atoms with Crippen molar-refractivity contribution in [1.29, 1.82) is 0 Å². The number of nitrogens with one attached hydrogen (secondary N) is 1. The molecule has 0 fully saturated rings. The standard InChI is InChI=1S/C13H18F3NO3/c1-9(12(18-2)19-3)17-10-4-6-11(7-5-10)20-8-13(14,15)16/h4-7,9,12,17H,8H2,1-3H3. The predicted octanol–water partition coefficient (Wildman–Crippen LogP) is 3.05. The Morgan fingerprint density at radius 3 is 2.10 bits per heavy atom. The Kier molecular flexibility index (Phi) is 6.09. The molecule has 0 aliphatic carbocycles. The van der Waals surface area contributed by atoms with Gasteiger partial charge in [0, 0.05) is 19.9 Å². The van der Waals surface area contributed by atoms with Crippen molar-refractivity contribution in [3.8, 4) is 5.75 Å². The van der Waals surface area contributed by atoms with Gasteiger partial charge in [0.05, 0.1) is 6.04 Å². The molecular formula is C13H18F3NO3. The van der Waals surface area contributed by atoms with Gasteiger partial charge in [0.25, 0.3) is 0 Å². The fourth-order valence-electron chi connectivity index (χ4n) is 1.65. The second kappa shape index (κ2) is 7.35. The van der Waals surface area contributed by atoms with Crippen LogP contribution in [0.15, 0.2) is 24.3 Å².